The zero-order chi connectivity index (χ0) is 19.4. The van der Waals surface area contributed by atoms with Gasteiger partial charge in [0.15, 0.2) is 0 Å². The van der Waals surface area contributed by atoms with Crippen molar-refractivity contribution >= 4 is 57.7 Å². The predicted octanol–water partition coefficient (Wildman–Crippen LogP) is 6.19. The van der Waals surface area contributed by atoms with Crippen LogP contribution in [0.5, 0.6) is 0 Å². The zero-order valence-corrected chi connectivity index (χ0v) is 16.6. The van der Waals surface area contributed by atoms with Crippen molar-refractivity contribution in [1.82, 2.24) is 0 Å². The van der Waals surface area contributed by atoms with E-state index < -0.39 is 5.97 Å². The lowest BCUT2D eigenvalue weighted by molar-refractivity contribution is -0.138. The van der Waals surface area contributed by atoms with Gasteiger partial charge in [-0.05, 0) is 48.9 Å². The van der Waals surface area contributed by atoms with Crippen LogP contribution in [-0.4, -0.2) is 22.7 Å². The SMILES string of the molecule is CCOC(=O)C1=C(O)/C(=C/c2cccc(Cl)c2)SC1=Nc1cccc(Cl)c1. The Hall–Kier alpha value is -2.21. The maximum absolute atomic E-state index is 12.4. The first-order valence-corrected chi connectivity index (χ1v) is 9.65. The number of aliphatic imine (C=N–C) groups is 1. The van der Waals surface area contributed by atoms with Gasteiger partial charge in [-0.3, -0.25) is 0 Å². The molecule has 2 aromatic rings. The number of hydrogen-bond acceptors (Lipinski definition) is 5. The third-order valence-electron chi connectivity index (χ3n) is 3.56. The third-order valence-corrected chi connectivity index (χ3v) is 5.05. The summed E-state index contributed by atoms with van der Waals surface area (Å²) in [6.45, 7) is 1.90. The summed E-state index contributed by atoms with van der Waals surface area (Å²) >= 11 is 13.2. The van der Waals surface area contributed by atoms with Crippen molar-refractivity contribution in [3.8, 4) is 0 Å². The van der Waals surface area contributed by atoms with Crippen molar-refractivity contribution in [1.29, 1.82) is 0 Å². The third kappa shape index (κ3) is 4.75. The highest BCUT2D eigenvalue weighted by atomic mass is 35.5. The molecule has 0 radical (unpaired) electrons. The van der Waals surface area contributed by atoms with Gasteiger partial charge in [0.2, 0.25) is 0 Å². The number of ether oxygens (including phenoxy) is 1. The topological polar surface area (TPSA) is 58.9 Å². The van der Waals surface area contributed by atoms with E-state index in [9.17, 15) is 9.90 Å². The summed E-state index contributed by atoms with van der Waals surface area (Å²) in [6.07, 6.45) is 1.74. The van der Waals surface area contributed by atoms with E-state index >= 15 is 0 Å². The zero-order valence-electron chi connectivity index (χ0n) is 14.3. The second-order valence-corrected chi connectivity index (χ2v) is 7.41. The minimum absolute atomic E-state index is 0.0371. The first kappa shape index (κ1) is 19.5. The van der Waals surface area contributed by atoms with E-state index in [1.165, 1.54) is 11.8 Å². The predicted molar refractivity (Wildman–Crippen MR) is 112 cm³/mol. The number of aliphatic hydroxyl groups excluding tert-OH is 1. The molecule has 2 aromatic carbocycles. The average Bonchev–Trinajstić information content (AvgIpc) is 2.90. The lowest BCUT2D eigenvalue weighted by Gasteiger charge is -2.04. The first-order valence-electron chi connectivity index (χ1n) is 8.08. The molecule has 1 N–H and O–H groups in total. The highest BCUT2D eigenvalue weighted by Gasteiger charge is 2.33. The minimum Gasteiger partial charge on any atom is -0.506 e. The Labute approximate surface area is 171 Å². The van der Waals surface area contributed by atoms with E-state index in [-0.39, 0.29) is 17.9 Å². The van der Waals surface area contributed by atoms with Crippen LogP contribution in [0.1, 0.15) is 12.5 Å². The first-order chi connectivity index (χ1) is 13.0. The van der Waals surface area contributed by atoms with E-state index in [0.717, 1.165) is 5.56 Å². The quantitative estimate of drug-likeness (QED) is 0.600. The number of hydrogen-bond donors (Lipinski definition) is 1. The molecule has 0 spiro atoms. The number of benzene rings is 2. The van der Waals surface area contributed by atoms with Gasteiger partial charge in [0.1, 0.15) is 16.4 Å². The van der Waals surface area contributed by atoms with Gasteiger partial charge < -0.3 is 9.84 Å². The minimum atomic E-state index is -0.627. The number of rotatable bonds is 4. The molecule has 4 nitrogen and oxygen atoms in total. The molecule has 0 atom stereocenters. The van der Waals surface area contributed by atoms with Gasteiger partial charge in [0.05, 0.1) is 17.2 Å². The van der Waals surface area contributed by atoms with Crippen molar-refractivity contribution in [3.63, 3.8) is 0 Å². The maximum atomic E-state index is 12.4. The molecule has 0 aromatic heterocycles. The monoisotopic (exact) mass is 419 g/mol. The van der Waals surface area contributed by atoms with Gasteiger partial charge in [-0.25, -0.2) is 9.79 Å². The smallest absolute Gasteiger partial charge is 0.344 e. The fraction of sp³-hybridized carbons (Fsp3) is 0.100. The van der Waals surface area contributed by atoms with E-state index in [2.05, 4.69) is 4.99 Å². The van der Waals surface area contributed by atoms with E-state index in [1.807, 2.05) is 12.1 Å². The second kappa shape index (κ2) is 8.65. The molecule has 0 amide bonds. The molecule has 1 aliphatic heterocycles. The molecule has 0 bridgehead atoms. The van der Waals surface area contributed by atoms with Crippen LogP contribution in [0.2, 0.25) is 10.0 Å². The Morgan fingerprint density at radius 3 is 2.56 bits per heavy atom. The molecule has 1 heterocycles. The molecule has 7 heteroatoms. The second-order valence-electron chi connectivity index (χ2n) is 5.51. The molecular formula is C20H15Cl2NO3S. The molecule has 3 rings (SSSR count). The fourth-order valence-corrected chi connectivity index (χ4v) is 3.82. The summed E-state index contributed by atoms with van der Waals surface area (Å²) in [4.78, 5) is 17.3. The molecule has 0 saturated heterocycles. The number of halogens is 2. The number of esters is 1. The van der Waals surface area contributed by atoms with Crippen LogP contribution < -0.4 is 0 Å². The summed E-state index contributed by atoms with van der Waals surface area (Å²) in [5, 5.41) is 12.1. The van der Waals surface area contributed by atoms with Gasteiger partial charge in [-0.2, -0.15) is 0 Å². The standard InChI is InChI=1S/C20H15Cl2NO3S/c1-2-26-20(25)17-18(24)16(10-12-5-3-6-13(21)9-12)27-19(17)23-15-8-4-7-14(22)11-15/h3-11,24H,2H2,1H3/b16-10-,23-19?. The lowest BCUT2D eigenvalue weighted by Crippen LogP contribution is -2.12. The summed E-state index contributed by atoms with van der Waals surface area (Å²) in [5.41, 5.74) is 1.41. The Morgan fingerprint density at radius 1 is 1.19 bits per heavy atom. The Morgan fingerprint density at radius 2 is 1.89 bits per heavy atom. The van der Waals surface area contributed by atoms with E-state index in [1.54, 1.807) is 49.4 Å². The summed E-state index contributed by atoms with van der Waals surface area (Å²) in [7, 11) is 0. The number of aliphatic hydroxyl groups is 1. The van der Waals surface area contributed by atoms with Crippen LogP contribution in [-0.2, 0) is 9.53 Å². The highest BCUT2D eigenvalue weighted by Crippen LogP contribution is 2.40. The van der Waals surface area contributed by atoms with Gasteiger partial charge >= 0.3 is 5.97 Å². The van der Waals surface area contributed by atoms with Gasteiger partial charge in [-0.1, -0.05) is 53.2 Å². The molecule has 0 unspecified atom stereocenters. The molecule has 0 aliphatic carbocycles. The summed E-state index contributed by atoms with van der Waals surface area (Å²) in [6, 6.07) is 14.1. The van der Waals surface area contributed by atoms with Crippen molar-refractivity contribution in [2.45, 2.75) is 6.92 Å². The number of carbonyl (C=O) groups is 1. The van der Waals surface area contributed by atoms with E-state index in [0.29, 0.717) is 25.7 Å². The molecule has 0 fully saturated rings. The average molecular weight is 420 g/mol. The van der Waals surface area contributed by atoms with Crippen LogP contribution in [0, 0.1) is 0 Å². The number of carbonyl (C=O) groups excluding carboxylic acids is 1. The van der Waals surface area contributed by atoms with Crippen LogP contribution in [0.3, 0.4) is 0 Å². The number of thioether (sulfide) groups is 1. The van der Waals surface area contributed by atoms with Gasteiger partial charge in [0, 0.05) is 10.0 Å². The Balaban J connectivity index is 2.05. The van der Waals surface area contributed by atoms with Gasteiger partial charge in [0.25, 0.3) is 0 Å². The van der Waals surface area contributed by atoms with Crippen LogP contribution in [0.4, 0.5) is 5.69 Å². The molecule has 1 aliphatic rings. The lowest BCUT2D eigenvalue weighted by atomic mass is 10.1. The van der Waals surface area contributed by atoms with E-state index in [4.69, 9.17) is 27.9 Å². The fourth-order valence-electron chi connectivity index (χ4n) is 2.40. The molecule has 27 heavy (non-hydrogen) atoms. The van der Waals surface area contributed by atoms with Crippen molar-refractivity contribution in [2.24, 2.45) is 4.99 Å². The van der Waals surface area contributed by atoms with Crippen molar-refractivity contribution < 1.29 is 14.6 Å². The maximum Gasteiger partial charge on any atom is 0.344 e. The largest absolute Gasteiger partial charge is 0.506 e. The Kier molecular flexibility index (Phi) is 6.26. The van der Waals surface area contributed by atoms with Crippen molar-refractivity contribution in [3.05, 3.63) is 80.4 Å². The van der Waals surface area contributed by atoms with Gasteiger partial charge in [-0.15, -0.1) is 0 Å². The number of nitrogens with zero attached hydrogens (tertiary/aromatic N) is 1. The normalized spacial score (nSPS) is 17.0. The van der Waals surface area contributed by atoms with Crippen LogP contribution in [0.25, 0.3) is 6.08 Å². The van der Waals surface area contributed by atoms with Crippen LogP contribution >= 0.6 is 35.0 Å². The molecular weight excluding hydrogens is 405 g/mol. The summed E-state index contributed by atoms with van der Waals surface area (Å²) in [5.74, 6) is -0.794. The van der Waals surface area contributed by atoms with Crippen molar-refractivity contribution in [2.75, 3.05) is 6.61 Å². The molecule has 138 valence electrons. The Bertz CT molecular complexity index is 983. The van der Waals surface area contributed by atoms with Crippen LogP contribution in [0.15, 0.2) is 69.8 Å². The summed E-state index contributed by atoms with van der Waals surface area (Å²) < 4.78 is 5.08. The highest BCUT2D eigenvalue weighted by molar-refractivity contribution is 8.18. The molecule has 0 saturated carbocycles.